The number of methoxy groups -OCH3 is 1. The molecule has 2 amide bonds. The van der Waals surface area contributed by atoms with E-state index in [0.717, 1.165) is 35.7 Å². The van der Waals surface area contributed by atoms with E-state index in [4.69, 9.17) is 4.74 Å². The van der Waals surface area contributed by atoms with Gasteiger partial charge in [-0.2, -0.15) is 0 Å². The van der Waals surface area contributed by atoms with Crippen LogP contribution in [0.4, 0.5) is 5.69 Å². The molecule has 2 aromatic carbocycles. The van der Waals surface area contributed by atoms with Gasteiger partial charge in [0.05, 0.1) is 5.41 Å². The zero-order chi connectivity index (χ0) is 20.0. The lowest BCUT2D eigenvalue weighted by Crippen LogP contribution is -2.49. The highest BCUT2D eigenvalue weighted by Gasteiger charge is 2.45. The van der Waals surface area contributed by atoms with Gasteiger partial charge in [-0.3, -0.25) is 9.59 Å². The van der Waals surface area contributed by atoms with Crippen LogP contribution in [0, 0.1) is 0 Å². The minimum absolute atomic E-state index is 0.0847. The van der Waals surface area contributed by atoms with Crippen molar-refractivity contribution in [1.82, 2.24) is 5.32 Å². The summed E-state index contributed by atoms with van der Waals surface area (Å²) in [7, 11) is 1.66. The minimum Gasteiger partial charge on any atom is -0.385 e. The molecule has 2 aromatic rings. The van der Waals surface area contributed by atoms with E-state index < -0.39 is 5.41 Å². The van der Waals surface area contributed by atoms with Crippen LogP contribution in [0.2, 0.25) is 0 Å². The summed E-state index contributed by atoms with van der Waals surface area (Å²) in [5.74, 6) is -0.0732. The molecule has 0 radical (unpaired) electrons. The van der Waals surface area contributed by atoms with E-state index in [2.05, 4.69) is 26.6 Å². The Balaban J connectivity index is 1.64. The van der Waals surface area contributed by atoms with Crippen LogP contribution in [0.5, 0.6) is 0 Å². The van der Waals surface area contributed by atoms with Crippen LogP contribution in [0.1, 0.15) is 41.6 Å². The molecule has 1 aliphatic rings. The van der Waals surface area contributed by atoms with Gasteiger partial charge in [-0.15, -0.1) is 0 Å². The van der Waals surface area contributed by atoms with Crippen molar-refractivity contribution in [1.29, 1.82) is 0 Å². The van der Waals surface area contributed by atoms with Gasteiger partial charge < -0.3 is 15.4 Å². The van der Waals surface area contributed by atoms with E-state index >= 15 is 0 Å². The van der Waals surface area contributed by atoms with Crippen molar-refractivity contribution in [2.24, 2.45) is 0 Å². The van der Waals surface area contributed by atoms with Gasteiger partial charge in [-0.05, 0) is 61.2 Å². The monoisotopic (exact) mass is 444 g/mol. The molecular formula is C22H25BrN2O3. The second-order valence-corrected chi connectivity index (χ2v) is 7.99. The Kier molecular flexibility index (Phi) is 6.86. The summed E-state index contributed by atoms with van der Waals surface area (Å²) in [5.41, 5.74) is 1.87. The fourth-order valence-corrected chi connectivity index (χ4v) is 3.71. The Morgan fingerprint density at radius 2 is 1.75 bits per heavy atom. The van der Waals surface area contributed by atoms with Crippen molar-refractivity contribution in [2.75, 3.05) is 25.6 Å². The molecule has 0 bridgehead atoms. The molecule has 3 rings (SSSR count). The molecule has 6 heteroatoms. The number of halogens is 1. The number of rotatable bonds is 8. The predicted molar refractivity (Wildman–Crippen MR) is 114 cm³/mol. The number of ether oxygens (including phenoxy) is 1. The zero-order valence-electron chi connectivity index (χ0n) is 16.0. The number of amides is 2. The van der Waals surface area contributed by atoms with E-state index in [-0.39, 0.29) is 11.8 Å². The standard InChI is InChI=1S/C22H25BrN2O3/c1-28-15-3-14-24-21(27)22(12-2-13-22)17-6-10-19(11-7-17)25-20(26)16-4-8-18(23)9-5-16/h4-11H,2-3,12-15H2,1H3,(H,24,27)(H,25,26). The Morgan fingerprint density at radius 3 is 2.32 bits per heavy atom. The van der Waals surface area contributed by atoms with E-state index in [9.17, 15) is 9.59 Å². The van der Waals surface area contributed by atoms with E-state index in [1.165, 1.54) is 0 Å². The van der Waals surface area contributed by atoms with Gasteiger partial charge in [0.25, 0.3) is 5.91 Å². The molecule has 1 fully saturated rings. The summed E-state index contributed by atoms with van der Waals surface area (Å²) in [5, 5.41) is 5.94. The van der Waals surface area contributed by atoms with Crippen LogP contribution in [0.3, 0.4) is 0 Å². The average Bonchev–Trinajstić information content (AvgIpc) is 2.66. The molecule has 1 aliphatic carbocycles. The second kappa shape index (κ2) is 9.34. The molecule has 0 saturated heterocycles. The molecule has 5 nitrogen and oxygen atoms in total. The largest absolute Gasteiger partial charge is 0.385 e. The third-order valence-electron chi connectivity index (χ3n) is 5.25. The number of anilines is 1. The molecule has 0 unspecified atom stereocenters. The first-order chi connectivity index (χ1) is 13.5. The third kappa shape index (κ3) is 4.62. The predicted octanol–water partition coefficient (Wildman–Crippen LogP) is 4.28. The van der Waals surface area contributed by atoms with Gasteiger partial charge >= 0.3 is 0 Å². The van der Waals surface area contributed by atoms with Crippen molar-refractivity contribution in [2.45, 2.75) is 31.1 Å². The lowest BCUT2D eigenvalue weighted by Gasteiger charge is -2.40. The molecule has 148 valence electrons. The van der Waals surface area contributed by atoms with E-state index in [0.29, 0.717) is 24.4 Å². The van der Waals surface area contributed by atoms with Crippen LogP contribution in [-0.4, -0.2) is 32.1 Å². The number of hydrogen-bond donors (Lipinski definition) is 2. The summed E-state index contributed by atoms with van der Waals surface area (Å²) < 4.78 is 5.96. The summed E-state index contributed by atoms with van der Waals surface area (Å²) >= 11 is 3.36. The topological polar surface area (TPSA) is 67.4 Å². The molecule has 0 spiro atoms. The minimum atomic E-state index is -0.443. The lowest BCUT2D eigenvalue weighted by atomic mass is 9.64. The van der Waals surface area contributed by atoms with Gasteiger partial charge in [0.15, 0.2) is 0 Å². The molecule has 0 heterocycles. The lowest BCUT2D eigenvalue weighted by molar-refractivity contribution is -0.129. The normalized spacial score (nSPS) is 14.8. The Hall–Kier alpha value is -2.18. The average molecular weight is 445 g/mol. The second-order valence-electron chi connectivity index (χ2n) is 7.08. The van der Waals surface area contributed by atoms with Gasteiger partial charge in [0.1, 0.15) is 0 Å². The van der Waals surface area contributed by atoms with Gasteiger partial charge in [-0.25, -0.2) is 0 Å². The highest BCUT2D eigenvalue weighted by molar-refractivity contribution is 9.10. The maximum atomic E-state index is 12.8. The van der Waals surface area contributed by atoms with Crippen molar-refractivity contribution in [3.8, 4) is 0 Å². The fourth-order valence-electron chi connectivity index (χ4n) is 3.44. The number of carbonyl (C=O) groups excluding carboxylic acids is 2. The van der Waals surface area contributed by atoms with Gasteiger partial charge in [-0.1, -0.05) is 34.5 Å². The first-order valence-corrected chi connectivity index (χ1v) is 10.3. The highest BCUT2D eigenvalue weighted by Crippen LogP contribution is 2.44. The third-order valence-corrected chi connectivity index (χ3v) is 5.78. The highest BCUT2D eigenvalue weighted by atomic mass is 79.9. The quantitative estimate of drug-likeness (QED) is 0.597. The molecule has 1 saturated carbocycles. The number of benzene rings is 2. The van der Waals surface area contributed by atoms with Crippen LogP contribution < -0.4 is 10.6 Å². The molecule has 0 aromatic heterocycles. The van der Waals surface area contributed by atoms with E-state index in [1.807, 2.05) is 36.4 Å². The first-order valence-electron chi connectivity index (χ1n) is 9.50. The Labute approximate surface area is 174 Å². The molecular weight excluding hydrogens is 420 g/mol. The van der Waals surface area contributed by atoms with Gasteiger partial charge in [0, 0.05) is 36.0 Å². The Bertz CT molecular complexity index is 815. The van der Waals surface area contributed by atoms with Crippen LogP contribution in [0.15, 0.2) is 53.0 Å². The Morgan fingerprint density at radius 1 is 1.07 bits per heavy atom. The maximum absolute atomic E-state index is 12.8. The number of carbonyl (C=O) groups is 2. The summed E-state index contributed by atoms with van der Waals surface area (Å²) in [6.07, 6.45) is 3.56. The van der Waals surface area contributed by atoms with Crippen LogP contribution in [-0.2, 0) is 14.9 Å². The van der Waals surface area contributed by atoms with Crippen molar-refractivity contribution < 1.29 is 14.3 Å². The first kappa shape index (κ1) is 20.6. The van der Waals surface area contributed by atoms with Crippen LogP contribution >= 0.6 is 15.9 Å². The number of hydrogen-bond acceptors (Lipinski definition) is 3. The molecule has 0 atom stereocenters. The van der Waals surface area contributed by atoms with Crippen molar-refractivity contribution in [3.05, 3.63) is 64.1 Å². The molecule has 2 N–H and O–H groups in total. The molecule has 0 aliphatic heterocycles. The summed E-state index contributed by atoms with van der Waals surface area (Å²) in [6.45, 7) is 1.26. The molecule has 28 heavy (non-hydrogen) atoms. The zero-order valence-corrected chi connectivity index (χ0v) is 17.6. The van der Waals surface area contributed by atoms with Crippen molar-refractivity contribution in [3.63, 3.8) is 0 Å². The maximum Gasteiger partial charge on any atom is 0.255 e. The number of nitrogens with one attached hydrogen (secondary N) is 2. The van der Waals surface area contributed by atoms with Crippen molar-refractivity contribution >= 4 is 33.4 Å². The summed E-state index contributed by atoms with van der Waals surface area (Å²) in [6, 6.07) is 14.8. The fraction of sp³-hybridized carbons (Fsp3) is 0.364. The smallest absolute Gasteiger partial charge is 0.255 e. The SMILES string of the molecule is COCCCNC(=O)C1(c2ccc(NC(=O)c3ccc(Br)cc3)cc2)CCC1. The summed E-state index contributed by atoms with van der Waals surface area (Å²) in [4.78, 5) is 25.1. The van der Waals surface area contributed by atoms with Gasteiger partial charge in [0.2, 0.25) is 5.91 Å². The van der Waals surface area contributed by atoms with E-state index in [1.54, 1.807) is 19.2 Å². The van der Waals surface area contributed by atoms with Crippen LogP contribution in [0.25, 0.3) is 0 Å².